The maximum absolute atomic E-state index is 12.8. The molecule has 0 aliphatic carbocycles. The zero-order valence-corrected chi connectivity index (χ0v) is 13.6. The number of carbonyl (C=O) groups excluding carboxylic acids is 2. The van der Waals surface area contributed by atoms with Crippen molar-refractivity contribution in [1.29, 1.82) is 0 Å². The van der Waals surface area contributed by atoms with E-state index in [0.29, 0.717) is 31.7 Å². The second kappa shape index (κ2) is 6.40. The first-order valence-electron chi connectivity index (χ1n) is 8.12. The van der Waals surface area contributed by atoms with Crippen molar-refractivity contribution < 1.29 is 9.59 Å². The maximum atomic E-state index is 12.8. The van der Waals surface area contributed by atoms with Crippen molar-refractivity contribution in [3.63, 3.8) is 0 Å². The van der Waals surface area contributed by atoms with E-state index in [2.05, 4.69) is 10.2 Å². The SMILES string of the molecule is CCC(=O)N1CCCN(C(=O)c2n[nH]c3ccc(C)cc23)CC1. The Morgan fingerprint density at radius 1 is 1.17 bits per heavy atom. The summed E-state index contributed by atoms with van der Waals surface area (Å²) in [5, 5.41) is 8.00. The predicted octanol–water partition coefficient (Wildman–Crippen LogP) is 1.96. The number of H-pyrrole nitrogens is 1. The number of fused-ring (bicyclic) bond motifs is 1. The van der Waals surface area contributed by atoms with Crippen molar-refractivity contribution >= 4 is 22.7 Å². The lowest BCUT2D eigenvalue weighted by atomic mass is 10.1. The normalized spacial score (nSPS) is 15.7. The first-order chi connectivity index (χ1) is 11.1. The molecule has 2 aromatic rings. The van der Waals surface area contributed by atoms with Crippen LogP contribution in [0.4, 0.5) is 0 Å². The van der Waals surface area contributed by atoms with E-state index in [0.717, 1.165) is 29.4 Å². The summed E-state index contributed by atoms with van der Waals surface area (Å²) < 4.78 is 0. The van der Waals surface area contributed by atoms with Gasteiger partial charge in [0.2, 0.25) is 5.91 Å². The molecule has 3 rings (SSSR count). The number of benzene rings is 1. The Labute approximate surface area is 135 Å². The number of amides is 2. The molecule has 0 saturated carbocycles. The van der Waals surface area contributed by atoms with Crippen LogP contribution in [-0.4, -0.2) is 58.0 Å². The highest BCUT2D eigenvalue weighted by atomic mass is 16.2. The van der Waals surface area contributed by atoms with Crippen LogP contribution < -0.4 is 0 Å². The van der Waals surface area contributed by atoms with E-state index in [1.54, 1.807) is 4.90 Å². The maximum Gasteiger partial charge on any atom is 0.275 e. The Morgan fingerprint density at radius 2 is 1.91 bits per heavy atom. The van der Waals surface area contributed by atoms with E-state index in [1.807, 2.05) is 36.9 Å². The second-order valence-corrected chi connectivity index (χ2v) is 6.00. The van der Waals surface area contributed by atoms with Gasteiger partial charge >= 0.3 is 0 Å². The molecule has 0 radical (unpaired) electrons. The summed E-state index contributed by atoms with van der Waals surface area (Å²) in [6.45, 7) is 6.41. The van der Waals surface area contributed by atoms with E-state index in [-0.39, 0.29) is 11.8 Å². The summed E-state index contributed by atoms with van der Waals surface area (Å²) in [5.74, 6) is 0.0905. The number of nitrogens with zero attached hydrogens (tertiary/aromatic N) is 3. The number of hydrogen-bond acceptors (Lipinski definition) is 3. The molecular weight excluding hydrogens is 292 g/mol. The molecule has 122 valence electrons. The van der Waals surface area contributed by atoms with Gasteiger partial charge in [-0.3, -0.25) is 14.7 Å². The minimum absolute atomic E-state index is 0.0624. The molecule has 1 aliphatic rings. The fourth-order valence-corrected chi connectivity index (χ4v) is 3.03. The molecule has 23 heavy (non-hydrogen) atoms. The summed E-state index contributed by atoms with van der Waals surface area (Å²) in [6.07, 6.45) is 1.32. The molecule has 1 aromatic carbocycles. The third-order valence-corrected chi connectivity index (χ3v) is 4.36. The number of carbonyl (C=O) groups is 2. The average Bonchev–Trinajstić information content (AvgIpc) is 2.80. The van der Waals surface area contributed by atoms with Crippen molar-refractivity contribution in [2.45, 2.75) is 26.7 Å². The van der Waals surface area contributed by atoms with E-state index in [1.165, 1.54) is 0 Å². The highest BCUT2D eigenvalue weighted by Crippen LogP contribution is 2.19. The van der Waals surface area contributed by atoms with Crippen LogP contribution in [0.3, 0.4) is 0 Å². The standard InChI is InChI=1S/C17H22N4O2/c1-3-15(22)20-7-4-8-21(10-9-20)17(23)16-13-11-12(2)5-6-14(13)18-19-16/h5-6,11H,3-4,7-10H2,1-2H3,(H,18,19). The summed E-state index contributed by atoms with van der Waals surface area (Å²) in [4.78, 5) is 28.3. The topological polar surface area (TPSA) is 69.3 Å². The molecule has 1 saturated heterocycles. The minimum atomic E-state index is -0.0624. The number of aromatic amines is 1. The third kappa shape index (κ3) is 3.06. The van der Waals surface area contributed by atoms with Gasteiger partial charge in [0.25, 0.3) is 5.91 Å². The van der Waals surface area contributed by atoms with E-state index >= 15 is 0 Å². The monoisotopic (exact) mass is 314 g/mol. The zero-order chi connectivity index (χ0) is 16.4. The Hall–Kier alpha value is -2.37. The summed E-state index contributed by atoms with van der Waals surface area (Å²) >= 11 is 0. The van der Waals surface area contributed by atoms with Crippen molar-refractivity contribution in [2.75, 3.05) is 26.2 Å². The molecule has 1 fully saturated rings. The molecule has 6 heteroatoms. The van der Waals surface area contributed by atoms with Gasteiger partial charge in [0.15, 0.2) is 5.69 Å². The smallest absolute Gasteiger partial charge is 0.275 e. The van der Waals surface area contributed by atoms with E-state index in [9.17, 15) is 9.59 Å². The van der Waals surface area contributed by atoms with Gasteiger partial charge in [-0.25, -0.2) is 0 Å². The molecule has 0 bridgehead atoms. The van der Waals surface area contributed by atoms with E-state index in [4.69, 9.17) is 0 Å². The molecule has 2 amide bonds. The van der Waals surface area contributed by atoms with Crippen LogP contribution in [-0.2, 0) is 4.79 Å². The largest absolute Gasteiger partial charge is 0.341 e. The van der Waals surface area contributed by atoms with Gasteiger partial charge in [-0.15, -0.1) is 0 Å². The van der Waals surface area contributed by atoms with Gasteiger partial charge < -0.3 is 9.80 Å². The first-order valence-corrected chi connectivity index (χ1v) is 8.12. The summed E-state index contributed by atoms with van der Waals surface area (Å²) in [6, 6.07) is 5.92. The first kappa shape index (κ1) is 15.5. The zero-order valence-electron chi connectivity index (χ0n) is 13.6. The van der Waals surface area contributed by atoms with Crippen LogP contribution in [0.25, 0.3) is 10.9 Å². The number of aromatic nitrogens is 2. The lowest BCUT2D eigenvalue weighted by Gasteiger charge is -2.21. The summed E-state index contributed by atoms with van der Waals surface area (Å²) in [7, 11) is 0. The Balaban J connectivity index is 1.79. The van der Waals surface area contributed by atoms with E-state index < -0.39 is 0 Å². The highest BCUT2D eigenvalue weighted by Gasteiger charge is 2.24. The quantitative estimate of drug-likeness (QED) is 0.921. The molecule has 1 aromatic heterocycles. The van der Waals surface area contributed by atoms with Gasteiger partial charge in [0, 0.05) is 38.0 Å². The van der Waals surface area contributed by atoms with Crippen LogP contribution in [0.15, 0.2) is 18.2 Å². The van der Waals surface area contributed by atoms with Crippen LogP contribution in [0, 0.1) is 6.92 Å². The lowest BCUT2D eigenvalue weighted by molar-refractivity contribution is -0.130. The molecule has 1 N–H and O–H groups in total. The van der Waals surface area contributed by atoms with Gasteiger partial charge in [-0.2, -0.15) is 5.10 Å². The number of nitrogens with one attached hydrogen (secondary N) is 1. The molecule has 2 heterocycles. The molecule has 0 unspecified atom stereocenters. The van der Waals surface area contributed by atoms with Crippen molar-refractivity contribution in [3.05, 3.63) is 29.5 Å². The Morgan fingerprint density at radius 3 is 2.70 bits per heavy atom. The van der Waals surface area contributed by atoms with Crippen LogP contribution in [0.2, 0.25) is 0 Å². The molecule has 1 aliphatic heterocycles. The molecular formula is C17H22N4O2. The Bertz CT molecular complexity index is 737. The van der Waals surface area contributed by atoms with Gasteiger partial charge in [-0.05, 0) is 25.5 Å². The fourth-order valence-electron chi connectivity index (χ4n) is 3.03. The third-order valence-electron chi connectivity index (χ3n) is 4.36. The number of aryl methyl sites for hydroxylation is 1. The molecule has 6 nitrogen and oxygen atoms in total. The van der Waals surface area contributed by atoms with Crippen molar-refractivity contribution in [3.8, 4) is 0 Å². The molecule has 0 atom stereocenters. The van der Waals surface area contributed by atoms with Crippen LogP contribution in [0.5, 0.6) is 0 Å². The van der Waals surface area contributed by atoms with Crippen LogP contribution in [0.1, 0.15) is 35.8 Å². The van der Waals surface area contributed by atoms with Crippen LogP contribution >= 0.6 is 0 Å². The van der Waals surface area contributed by atoms with Gasteiger partial charge in [0.1, 0.15) is 0 Å². The number of rotatable bonds is 2. The van der Waals surface area contributed by atoms with Crippen molar-refractivity contribution in [1.82, 2.24) is 20.0 Å². The molecule has 0 spiro atoms. The van der Waals surface area contributed by atoms with Gasteiger partial charge in [0.05, 0.1) is 5.52 Å². The second-order valence-electron chi connectivity index (χ2n) is 6.00. The number of hydrogen-bond donors (Lipinski definition) is 1. The minimum Gasteiger partial charge on any atom is -0.341 e. The summed E-state index contributed by atoms with van der Waals surface area (Å²) in [5.41, 5.74) is 2.44. The fraction of sp³-hybridized carbons (Fsp3) is 0.471. The predicted molar refractivity (Wildman–Crippen MR) is 88.2 cm³/mol. The average molecular weight is 314 g/mol. The highest BCUT2D eigenvalue weighted by molar-refractivity contribution is 6.04. The van der Waals surface area contributed by atoms with Gasteiger partial charge in [-0.1, -0.05) is 18.6 Å². The Kier molecular flexibility index (Phi) is 4.32. The lowest BCUT2D eigenvalue weighted by Crippen LogP contribution is -2.37. The van der Waals surface area contributed by atoms with Crippen molar-refractivity contribution in [2.24, 2.45) is 0 Å².